The summed E-state index contributed by atoms with van der Waals surface area (Å²) >= 11 is 0. The Bertz CT molecular complexity index is 308. The summed E-state index contributed by atoms with van der Waals surface area (Å²) < 4.78 is 0. The minimum absolute atomic E-state index is 0.0330. The van der Waals surface area contributed by atoms with Gasteiger partial charge in [0.15, 0.2) is 0 Å². The quantitative estimate of drug-likeness (QED) is 0.848. The Balaban J connectivity index is 2.12. The molecule has 0 spiro atoms. The number of carbonyl (C=O) groups excluding carboxylic acids is 1. The average Bonchev–Trinajstić information content (AvgIpc) is 2.66. The predicted molar refractivity (Wildman–Crippen MR) is 78.7 cm³/mol. The monoisotopic (exact) mass is 266 g/mol. The van der Waals surface area contributed by atoms with Crippen molar-refractivity contribution < 1.29 is 4.79 Å². The van der Waals surface area contributed by atoms with Crippen LogP contribution in [0.3, 0.4) is 0 Å². The highest BCUT2D eigenvalue weighted by molar-refractivity contribution is 5.85. The van der Waals surface area contributed by atoms with Crippen LogP contribution in [-0.2, 0) is 4.79 Å². The van der Waals surface area contributed by atoms with Gasteiger partial charge in [0, 0.05) is 6.04 Å². The van der Waals surface area contributed by atoms with Gasteiger partial charge in [0.2, 0.25) is 5.91 Å². The first kappa shape index (κ1) is 14.8. The highest BCUT2D eigenvalue weighted by Crippen LogP contribution is 2.30. The van der Waals surface area contributed by atoms with Crippen LogP contribution in [0.1, 0.15) is 66.2 Å². The van der Waals surface area contributed by atoms with Gasteiger partial charge in [-0.3, -0.25) is 10.1 Å². The smallest absolute Gasteiger partial charge is 0.241 e. The third-order valence-electron chi connectivity index (χ3n) is 4.56. The largest absolute Gasteiger partial charge is 0.323 e. The van der Waals surface area contributed by atoms with Crippen LogP contribution in [-0.4, -0.2) is 29.1 Å². The van der Waals surface area contributed by atoms with Crippen molar-refractivity contribution in [3.8, 4) is 0 Å². The molecule has 1 amide bonds. The molecule has 0 aromatic carbocycles. The summed E-state index contributed by atoms with van der Waals surface area (Å²) in [7, 11) is 0. The van der Waals surface area contributed by atoms with Crippen LogP contribution in [0.5, 0.6) is 0 Å². The van der Waals surface area contributed by atoms with Gasteiger partial charge in [0.05, 0.1) is 12.2 Å². The Labute approximate surface area is 118 Å². The molecule has 2 fully saturated rings. The molecule has 3 heteroatoms. The van der Waals surface area contributed by atoms with Crippen LogP contribution in [0.2, 0.25) is 0 Å². The fourth-order valence-corrected chi connectivity index (χ4v) is 3.57. The zero-order valence-corrected chi connectivity index (χ0v) is 13.0. The van der Waals surface area contributed by atoms with Gasteiger partial charge in [0.1, 0.15) is 0 Å². The number of rotatable bonds is 4. The van der Waals surface area contributed by atoms with Gasteiger partial charge in [-0.05, 0) is 31.1 Å². The Morgan fingerprint density at radius 1 is 1.16 bits per heavy atom. The average molecular weight is 266 g/mol. The third kappa shape index (κ3) is 3.31. The molecule has 2 unspecified atom stereocenters. The number of amides is 1. The molecule has 1 heterocycles. The summed E-state index contributed by atoms with van der Waals surface area (Å²) in [4.78, 5) is 14.9. The topological polar surface area (TPSA) is 32.3 Å². The molecule has 1 saturated heterocycles. The fraction of sp³-hybridized carbons (Fsp3) is 0.938. The van der Waals surface area contributed by atoms with E-state index in [4.69, 9.17) is 0 Å². The van der Waals surface area contributed by atoms with Crippen LogP contribution in [0, 0.1) is 11.8 Å². The Morgan fingerprint density at radius 3 is 2.32 bits per heavy atom. The van der Waals surface area contributed by atoms with Gasteiger partial charge >= 0.3 is 0 Å². The van der Waals surface area contributed by atoms with E-state index in [0.717, 1.165) is 6.42 Å². The van der Waals surface area contributed by atoms with Gasteiger partial charge < -0.3 is 4.90 Å². The van der Waals surface area contributed by atoms with Crippen LogP contribution < -0.4 is 5.32 Å². The van der Waals surface area contributed by atoms with Crippen molar-refractivity contribution in [1.29, 1.82) is 0 Å². The lowest BCUT2D eigenvalue weighted by Gasteiger charge is -2.35. The summed E-state index contributed by atoms with van der Waals surface area (Å²) in [5.41, 5.74) is 0. The Kier molecular flexibility index (Phi) is 4.88. The molecule has 2 aliphatic rings. The van der Waals surface area contributed by atoms with Crippen molar-refractivity contribution in [3.05, 3.63) is 0 Å². The first-order chi connectivity index (χ1) is 9.00. The molecule has 19 heavy (non-hydrogen) atoms. The zero-order valence-electron chi connectivity index (χ0n) is 13.0. The molecule has 1 aliphatic carbocycles. The first-order valence-electron chi connectivity index (χ1n) is 8.09. The number of carbonyl (C=O) groups is 1. The van der Waals surface area contributed by atoms with E-state index in [9.17, 15) is 4.79 Å². The maximum atomic E-state index is 12.7. The summed E-state index contributed by atoms with van der Waals surface area (Å²) in [6, 6.07) is 0.520. The van der Waals surface area contributed by atoms with Crippen LogP contribution >= 0.6 is 0 Å². The molecule has 0 aromatic heterocycles. The van der Waals surface area contributed by atoms with Gasteiger partial charge in [0.25, 0.3) is 0 Å². The van der Waals surface area contributed by atoms with E-state index < -0.39 is 0 Å². The molecular weight excluding hydrogens is 236 g/mol. The van der Waals surface area contributed by atoms with Crippen molar-refractivity contribution >= 4 is 5.91 Å². The fourth-order valence-electron chi connectivity index (χ4n) is 3.57. The third-order valence-corrected chi connectivity index (χ3v) is 4.56. The highest BCUT2D eigenvalue weighted by atomic mass is 16.2. The molecule has 2 atom stereocenters. The Hall–Kier alpha value is -0.570. The minimum Gasteiger partial charge on any atom is -0.323 e. The van der Waals surface area contributed by atoms with Gasteiger partial charge in [-0.1, -0.05) is 47.0 Å². The van der Waals surface area contributed by atoms with Gasteiger partial charge in [-0.2, -0.15) is 0 Å². The summed E-state index contributed by atoms with van der Waals surface area (Å²) in [6.07, 6.45) is 7.66. The molecule has 1 N–H and O–H groups in total. The lowest BCUT2D eigenvalue weighted by atomic mass is 9.93. The lowest BCUT2D eigenvalue weighted by molar-refractivity contribution is -0.133. The SMILES string of the molecule is CC(C)CC1NC(C(C)C)C(=O)N1C1CCCCC1. The number of hydrogen-bond donors (Lipinski definition) is 1. The second kappa shape index (κ2) is 6.25. The molecular formula is C16H30N2O. The molecule has 0 aromatic rings. The molecule has 3 nitrogen and oxygen atoms in total. The number of nitrogens with zero attached hydrogens (tertiary/aromatic N) is 1. The normalized spacial score (nSPS) is 29.8. The highest BCUT2D eigenvalue weighted by Gasteiger charge is 2.43. The van der Waals surface area contributed by atoms with Gasteiger partial charge in [-0.15, -0.1) is 0 Å². The summed E-state index contributed by atoms with van der Waals surface area (Å²) in [5.74, 6) is 1.37. The number of nitrogens with one attached hydrogen (secondary N) is 1. The second-order valence-electron chi connectivity index (χ2n) is 7.07. The van der Waals surface area contributed by atoms with Crippen molar-refractivity contribution in [1.82, 2.24) is 10.2 Å². The zero-order chi connectivity index (χ0) is 14.0. The number of hydrogen-bond acceptors (Lipinski definition) is 2. The van der Waals surface area contributed by atoms with Crippen molar-refractivity contribution in [2.24, 2.45) is 11.8 Å². The van der Waals surface area contributed by atoms with E-state index in [0.29, 0.717) is 23.8 Å². The van der Waals surface area contributed by atoms with E-state index in [-0.39, 0.29) is 12.2 Å². The maximum Gasteiger partial charge on any atom is 0.241 e. The molecule has 1 aliphatic heterocycles. The molecule has 2 rings (SSSR count). The first-order valence-corrected chi connectivity index (χ1v) is 8.09. The maximum absolute atomic E-state index is 12.7. The van der Waals surface area contributed by atoms with Crippen LogP contribution in [0.4, 0.5) is 0 Å². The molecule has 0 bridgehead atoms. The standard InChI is InChI=1S/C16H30N2O/c1-11(2)10-14-17-15(12(3)4)16(19)18(14)13-8-6-5-7-9-13/h11-15,17H,5-10H2,1-4H3. The second-order valence-corrected chi connectivity index (χ2v) is 7.07. The van der Waals surface area contributed by atoms with Crippen LogP contribution in [0.15, 0.2) is 0 Å². The van der Waals surface area contributed by atoms with Crippen molar-refractivity contribution in [2.75, 3.05) is 0 Å². The van der Waals surface area contributed by atoms with E-state index >= 15 is 0 Å². The minimum atomic E-state index is 0.0330. The molecule has 110 valence electrons. The Morgan fingerprint density at radius 2 is 1.79 bits per heavy atom. The van der Waals surface area contributed by atoms with Crippen molar-refractivity contribution in [2.45, 2.75) is 84.5 Å². The van der Waals surface area contributed by atoms with E-state index in [1.54, 1.807) is 0 Å². The molecule has 0 radical (unpaired) electrons. The predicted octanol–water partition coefficient (Wildman–Crippen LogP) is 3.15. The summed E-state index contributed by atoms with van der Waals surface area (Å²) in [6.45, 7) is 8.78. The summed E-state index contributed by atoms with van der Waals surface area (Å²) in [5, 5.41) is 3.60. The van der Waals surface area contributed by atoms with E-state index in [2.05, 4.69) is 37.9 Å². The van der Waals surface area contributed by atoms with Crippen LogP contribution in [0.25, 0.3) is 0 Å². The van der Waals surface area contributed by atoms with E-state index in [1.807, 2.05) is 0 Å². The van der Waals surface area contributed by atoms with Gasteiger partial charge in [-0.25, -0.2) is 0 Å². The lowest BCUT2D eigenvalue weighted by Crippen LogP contribution is -2.46. The van der Waals surface area contributed by atoms with Crippen molar-refractivity contribution in [3.63, 3.8) is 0 Å². The van der Waals surface area contributed by atoms with E-state index in [1.165, 1.54) is 32.1 Å². The molecule has 1 saturated carbocycles.